The van der Waals surface area contributed by atoms with Crippen molar-refractivity contribution in [2.45, 2.75) is 50.5 Å². The van der Waals surface area contributed by atoms with Crippen LogP contribution < -0.4 is 9.80 Å². The second-order valence-corrected chi connectivity index (χ2v) is 8.37. The van der Waals surface area contributed by atoms with Crippen LogP contribution in [-0.4, -0.2) is 44.4 Å². The quantitative estimate of drug-likeness (QED) is 0.847. The summed E-state index contributed by atoms with van der Waals surface area (Å²) in [7, 11) is 0. The van der Waals surface area contributed by atoms with Gasteiger partial charge >= 0.3 is 0 Å². The molecule has 2 aromatic rings. The van der Waals surface area contributed by atoms with E-state index in [1.54, 1.807) is 23.1 Å². The van der Waals surface area contributed by atoms with Gasteiger partial charge in [-0.15, -0.1) is 0 Å². The average molecular weight is 349 g/mol. The van der Waals surface area contributed by atoms with E-state index in [0.29, 0.717) is 17.9 Å². The van der Waals surface area contributed by atoms with Gasteiger partial charge in [0.25, 0.3) is 0 Å². The minimum absolute atomic E-state index is 0.428. The Labute approximate surface area is 143 Å². The Kier molecular flexibility index (Phi) is 3.29. The van der Waals surface area contributed by atoms with E-state index in [9.17, 15) is 0 Å². The predicted molar refractivity (Wildman–Crippen MR) is 92.8 cm³/mol. The van der Waals surface area contributed by atoms with Gasteiger partial charge in [-0.1, -0.05) is 0 Å². The van der Waals surface area contributed by atoms with Crippen LogP contribution in [0.5, 0.6) is 0 Å². The third kappa shape index (κ3) is 2.71. The van der Waals surface area contributed by atoms with Gasteiger partial charge < -0.3 is 9.80 Å². The molecular weight excluding hydrogens is 328 g/mol. The van der Waals surface area contributed by atoms with E-state index in [0.717, 1.165) is 41.5 Å². The largest absolute Gasteiger partial charge is 0.343 e. The van der Waals surface area contributed by atoms with E-state index in [2.05, 4.69) is 25.5 Å². The average Bonchev–Trinajstić information content (AvgIpc) is 3.49. The van der Waals surface area contributed by atoms with Crippen LogP contribution in [0.1, 0.15) is 56.1 Å². The predicted octanol–water partition coefficient (Wildman–Crippen LogP) is 2.86. The molecule has 0 radical (unpaired) electrons. The van der Waals surface area contributed by atoms with Crippen LogP contribution in [-0.2, 0) is 0 Å². The molecule has 0 amide bonds. The van der Waals surface area contributed by atoms with Gasteiger partial charge in [0.05, 0.1) is 0 Å². The fourth-order valence-electron chi connectivity index (χ4n) is 3.13. The van der Waals surface area contributed by atoms with Gasteiger partial charge in [-0.3, -0.25) is 0 Å². The lowest BCUT2D eigenvalue weighted by atomic mass is 10.2. The van der Waals surface area contributed by atoms with Crippen molar-refractivity contribution in [2.75, 3.05) is 29.4 Å². The van der Waals surface area contributed by atoms with Gasteiger partial charge in [-0.2, -0.15) is 8.75 Å². The number of rotatable bonds is 4. The molecule has 0 N–H and O–H groups in total. The molecule has 1 aliphatic heterocycles. The number of nitrogens with zero attached hydrogens (tertiary/aromatic N) is 6. The molecule has 2 aromatic heterocycles. The van der Waals surface area contributed by atoms with Gasteiger partial charge in [0, 0.05) is 60.6 Å². The van der Waals surface area contributed by atoms with Crippen LogP contribution in [0.25, 0.3) is 0 Å². The molecular formula is C15H20N6S2. The minimum atomic E-state index is 0.428. The lowest BCUT2D eigenvalue weighted by Gasteiger charge is -2.39. The van der Waals surface area contributed by atoms with E-state index >= 15 is 0 Å². The van der Waals surface area contributed by atoms with Crippen LogP contribution in [0.4, 0.5) is 10.3 Å². The summed E-state index contributed by atoms with van der Waals surface area (Å²) in [6.07, 6.45) is 5.06. The van der Waals surface area contributed by atoms with Crippen molar-refractivity contribution >= 4 is 33.3 Å². The molecule has 2 saturated carbocycles. The first-order valence-corrected chi connectivity index (χ1v) is 10.0. The van der Waals surface area contributed by atoms with Gasteiger partial charge in [0.15, 0.2) is 0 Å². The Morgan fingerprint density at radius 1 is 0.870 bits per heavy atom. The lowest BCUT2D eigenvalue weighted by molar-refractivity contribution is 0.548. The first-order valence-electron chi connectivity index (χ1n) is 8.47. The molecule has 0 spiro atoms. The summed E-state index contributed by atoms with van der Waals surface area (Å²) in [6.45, 7) is 5.23. The molecule has 0 aromatic carbocycles. The SMILES string of the molecule is C[C@@H]1CN(c2nc(C3CC3)ns2)CCN1c1nc(C2CC2)ns1. The van der Waals surface area contributed by atoms with Crippen LogP contribution in [0.3, 0.4) is 0 Å². The molecule has 0 bridgehead atoms. The fraction of sp³-hybridized carbons (Fsp3) is 0.733. The van der Waals surface area contributed by atoms with E-state index in [1.807, 2.05) is 0 Å². The van der Waals surface area contributed by atoms with Crippen molar-refractivity contribution in [3.63, 3.8) is 0 Å². The third-order valence-electron chi connectivity index (χ3n) is 4.89. The maximum atomic E-state index is 4.77. The van der Waals surface area contributed by atoms with Crippen molar-refractivity contribution in [1.29, 1.82) is 0 Å². The highest BCUT2D eigenvalue weighted by Gasteiger charge is 2.33. The molecule has 1 saturated heterocycles. The number of hydrogen-bond donors (Lipinski definition) is 0. The van der Waals surface area contributed by atoms with E-state index in [1.165, 1.54) is 25.7 Å². The van der Waals surface area contributed by atoms with E-state index in [4.69, 9.17) is 9.97 Å². The van der Waals surface area contributed by atoms with Gasteiger partial charge in [-0.05, 0) is 32.6 Å². The van der Waals surface area contributed by atoms with Crippen LogP contribution in [0, 0.1) is 0 Å². The summed E-state index contributed by atoms with van der Waals surface area (Å²) >= 11 is 3.12. The minimum Gasteiger partial charge on any atom is -0.343 e. The second-order valence-electron chi connectivity index (χ2n) is 6.91. The summed E-state index contributed by atoms with van der Waals surface area (Å²) in [5.41, 5.74) is 0. The van der Waals surface area contributed by atoms with Gasteiger partial charge in [0.2, 0.25) is 10.3 Å². The molecule has 2 aliphatic carbocycles. The first kappa shape index (κ1) is 14.1. The Bertz CT molecular complexity index is 704. The zero-order valence-corrected chi connectivity index (χ0v) is 14.8. The third-order valence-corrected chi connectivity index (χ3v) is 6.45. The molecule has 3 fully saturated rings. The van der Waals surface area contributed by atoms with Crippen LogP contribution in [0.2, 0.25) is 0 Å². The van der Waals surface area contributed by atoms with Crippen molar-refractivity contribution in [3.8, 4) is 0 Å². The molecule has 6 nitrogen and oxygen atoms in total. The molecule has 3 aliphatic rings. The lowest BCUT2D eigenvalue weighted by Crippen LogP contribution is -2.52. The van der Waals surface area contributed by atoms with E-state index < -0.39 is 0 Å². The number of aromatic nitrogens is 4. The highest BCUT2D eigenvalue weighted by Crippen LogP contribution is 2.41. The van der Waals surface area contributed by atoms with Crippen molar-refractivity contribution < 1.29 is 0 Å². The fourth-order valence-corrected chi connectivity index (χ4v) is 4.78. The topological polar surface area (TPSA) is 58.0 Å². The Morgan fingerprint density at radius 3 is 2.09 bits per heavy atom. The van der Waals surface area contributed by atoms with Crippen molar-refractivity contribution in [2.24, 2.45) is 0 Å². The summed E-state index contributed by atoms with van der Waals surface area (Å²) in [6, 6.07) is 0.428. The summed E-state index contributed by atoms with van der Waals surface area (Å²) in [4.78, 5) is 14.3. The summed E-state index contributed by atoms with van der Waals surface area (Å²) in [5, 5.41) is 2.18. The number of hydrogen-bond acceptors (Lipinski definition) is 8. The van der Waals surface area contributed by atoms with E-state index in [-0.39, 0.29) is 0 Å². The molecule has 3 heterocycles. The molecule has 0 unspecified atom stereocenters. The standard InChI is InChI=1S/C15H20N6S2/c1-9-8-20(14-16-12(18-22-14)10-2-3-10)6-7-21(9)15-17-13(19-23-15)11-4-5-11/h9-11H,2-8H2,1H3/t9-/m1/s1. The van der Waals surface area contributed by atoms with Crippen molar-refractivity contribution in [1.82, 2.24) is 18.7 Å². The van der Waals surface area contributed by atoms with Crippen molar-refractivity contribution in [3.05, 3.63) is 11.6 Å². The normalized spacial score (nSPS) is 25.2. The van der Waals surface area contributed by atoms with Crippen LogP contribution >= 0.6 is 23.1 Å². The maximum Gasteiger partial charge on any atom is 0.205 e. The Hall–Kier alpha value is -1.28. The molecule has 23 heavy (non-hydrogen) atoms. The van der Waals surface area contributed by atoms with Gasteiger partial charge in [-0.25, -0.2) is 9.97 Å². The first-order chi connectivity index (χ1) is 11.3. The number of piperazine rings is 1. The molecule has 1 atom stereocenters. The maximum absolute atomic E-state index is 4.77. The monoisotopic (exact) mass is 348 g/mol. The Balaban J connectivity index is 1.28. The van der Waals surface area contributed by atoms with Gasteiger partial charge in [0.1, 0.15) is 11.6 Å². The summed E-state index contributed by atoms with van der Waals surface area (Å²) in [5.74, 6) is 3.41. The highest BCUT2D eigenvalue weighted by atomic mass is 32.1. The number of anilines is 2. The zero-order valence-electron chi connectivity index (χ0n) is 13.2. The Morgan fingerprint density at radius 2 is 1.48 bits per heavy atom. The highest BCUT2D eigenvalue weighted by molar-refractivity contribution is 7.10. The summed E-state index contributed by atoms with van der Waals surface area (Å²) < 4.78 is 9.09. The second kappa shape index (κ2) is 5.37. The molecule has 122 valence electrons. The smallest absolute Gasteiger partial charge is 0.205 e. The molecule has 8 heteroatoms. The zero-order chi connectivity index (χ0) is 15.4. The van der Waals surface area contributed by atoms with Crippen LogP contribution in [0.15, 0.2) is 0 Å². The molecule has 5 rings (SSSR count).